The largest absolute Gasteiger partial charge is 0.490 e. The second kappa shape index (κ2) is 9.50. The number of ether oxygens (including phenoxy) is 2. The molecule has 6 nitrogen and oxygen atoms in total. The number of pyridine rings is 2. The Morgan fingerprint density at radius 3 is 2.71 bits per heavy atom. The third-order valence-corrected chi connectivity index (χ3v) is 4.00. The fourth-order valence-electron chi connectivity index (χ4n) is 2.65. The SMILES string of the molecule is CCOc1cc(C(=O)NCc2cccc(C)n2)ccc1OCc1cccnc1. The lowest BCUT2D eigenvalue weighted by atomic mass is 10.2. The quantitative estimate of drug-likeness (QED) is 0.648. The summed E-state index contributed by atoms with van der Waals surface area (Å²) in [5.74, 6) is 0.929. The molecule has 2 heterocycles. The topological polar surface area (TPSA) is 73.3 Å². The molecule has 3 rings (SSSR count). The van der Waals surface area contributed by atoms with Crippen LogP contribution in [0, 0.1) is 6.92 Å². The van der Waals surface area contributed by atoms with Gasteiger partial charge in [-0.1, -0.05) is 12.1 Å². The van der Waals surface area contributed by atoms with Crippen molar-refractivity contribution in [1.29, 1.82) is 0 Å². The molecule has 0 aliphatic carbocycles. The maximum atomic E-state index is 12.5. The summed E-state index contributed by atoms with van der Waals surface area (Å²) in [6, 6.07) is 14.7. The van der Waals surface area contributed by atoms with Crippen LogP contribution in [0.15, 0.2) is 60.9 Å². The van der Waals surface area contributed by atoms with Crippen LogP contribution in [0.25, 0.3) is 0 Å². The van der Waals surface area contributed by atoms with Crippen LogP contribution in [0.1, 0.15) is 34.2 Å². The second-order valence-electron chi connectivity index (χ2n) is 6.20. The van der Waals surface area contributed by atoms with Gasteiger partial charge in [-0.2, -0.15) is 0 Å². The molecule has 0 aliphatic heterocycles. The van der Waals surface area contributed by atoms with E-state index in [1.807, 2.05) is 44.2 Å². The summed E-state index contributed by atoms with van der Waals surface area (Å²) in [4.78, 5) is 21.0. The molecule has 0 saturated carbocycles. The molecule has 3 aromatic rings. The molecule has 6 heteroatoms. The summed E-state index contributed by atoms with van der Waals surface area (Å²) in [6.07, 6.45) is 3.47. The minimum Gasteiger partial charge on any atom is -0.490 e. The van der Waals surface area contributed by atoms with Gasteiger partial charge < -0.3 is 14.8 Å². The molecule has 0 aliphatic rings. The van der Waals surface area contributed by atoms with E-state index in [2.05, 4.69) is 15.3 Å². The molecule has 0 radical (unpaired) electrons. The molecule has 144 valence electrons. The number of rotatable bonds is 8. The Morgan fingerprint density at radius 2 is 1.96 bits per heavy atom. The third-order valence-electron chi connectivity index (χ3n) is 4.00. The summed E-state index contributed by atoms with van der Waals surface area (Å²) in [6.45, 7) is 5.02. The van der Waals surface area contributed by atoms with E-state index in [9.17, 15) is 4.79 Å². The molecule has 1 amide bonds. The molecular weight excluding hydrogens is 354 g/mol. The number of hydrogen-bond acceptors (Lipinski definition) is 5. The highest BCUT2D eigenvalue weighted by Gasteiger charge is 2.12. The van der Waals surface area contributed by atoms with Crippen molar-refractivity contribution in [2.75, 3.05) is 6.61 Å². The van der Waals surface area contributed by atoms with Crippen molar-refractivity contribution in [3.63, 3.8) is 0 Å². The standard InChI is InChI=1S/C22H23N3O3/c1-3-27-21-12-18(22(26)24-14-19-8-4-6-16(2)25-19)9-10-20(21)28-15-17-7-5-11-23-13-17/h4-13H,3,14-15H2,1-2H3,(H,24,26). The van der Waals surface area contributed by atoms with Crippen molar-refractivity contribution in [1.82, 2.24) is 15.3 Å². The average Bonchev–Trinajstić information content (AvgIpc) is 2.72. The Morgan fingerprint density at radius 1 is 1.07 bits per heavy atom. The fraction of sp³-hybridized carbons (Fsp3) is 0.227. The highest BCUT2D eigenvalue weighted by molar-refractivity contribution is 5.94. The predicted octanol–water partition coefficient (Wildman–Crippen LogP) is 3.69. The van der Waals surface area contributed by atoms with Crippen LogP contribution in [-0.4, -0.2) is 22.5 Å². The zero-order valence-corrected chi connectivity index (χ0v) is 16.0. The molecule has 1 N–H and O–H groups in total. The van der Waals surface area contributed by atoms with Crippen LogP contribution < -0.4 is 14.8 Å². The highest BCUT2D eigenvalue weighted by atomic mass is 16.5. The first kappa shape index (κ1) is 19.4. The van der Waals surface area contributed by atoms with Gasteiger partial charge in [0, 0.05) is 29.2 Å². The average molecular weight is 377 g/mol. The van der Waals surface area contributed by atoms with Crippen molar-refractivity contribution in [2.45, 2.75) is 27.0 Å². The smallest absolute Gasteiger partial charge is 0.251 e. The van der Waals surface area contributed by atoms with Crippen LogP contribution >= 0.6 is 0 Å². The monoisotopic (exact) mass is 377 g/mol. The van der Waals surface area contributed by atoms with Gasteiger partial charge in [0.25, 0.3) is 5.91 Å². The zero-order valence-electron chi connectivity index (χ0n) is 16.0. The van der Waals surface area contributed by atoms with Gasteiger partial charge in [0.05, 0.1) is 18.8 Å². The second-order valence-corrected chi connectivity index (χ2v) is 6.20. The number of aryl methyl sites for hydroxylation is 1. The van der Waals surface area contributed by atoms with Gasteiger partial charge in [-0.25, -0.2) is 0 Å². The molecule has 0 unspecified atom stereocenters. The van der Waals surface area contributed by atoms with Gasteiger partial charge in [0.2, 0.25) is 0 Å². The molecule has 0 spiro atoms. The zero-order chi connectivity index (χ0) is 19.8. The number of aromatic nitrogens is 2. The van der Waals surface area contributed by atoms with Crippen molar-refractivity contribution in [2.24, 2.45) is 0 Å². The van der Waals surface area contributed by atoms with E-state index < -0.39 is 0 Å². The summed E-state index contributed by atoms with van der Waals surface area (Å²) >= 11 is 0. The fourth-order valence-corrected chi connectivity index (χ4v) is 2.65. The molecule has 0 saturated heterocycles. The van der Waals surface area contributed by atoms with E-state index in [0.717, 1.165) is 17.0 Å². The first-order chi connectivity index (χ1) is 13.7. The maximum absolute atomic E-state index is 12.5. The Labute approximate surface area is 164 Å². The van der Waals surface area contributed by atoms with Crippen molar-refractivity contribution < 1.29 is 14.3 Å². The third kappa shape index (κ3) is 5.30. The summed E-state index contributed by atoms with van der Waals surface area (Å²) in [5.41, 5.74) is 3.19. The van der Waals surface area contributed by atoms with E-state index in [-0.39, 0.29) is 5.91 Å². The number of nitrogens with zero attached hydrogens (tertiary/aromatic N) is 2. The Hall–Kier alpha value is -3.41. The van der Waals surface area contributed by atoms with Crippen molar-refractivity contribution >= 4 is 5.91 Å². The normalized spacial score (nSPS) is 10.4. The van der Waals surface area contributed by atoms with Crippen LogP contribution in [-0.2, 0) is 13.2 Å². The lowest BCUT2D eigenvalue weighted by molar-refractivity contribution is 0.0950. The Kier molecular flexibility index (Phi) is 6.57. The van der Waals surface area contributed by atoms with Gasteiger partial charge in [-0.3, -0.25) is 14.8 Å². The van der Waals surface area contributed by atoms with Gasteiger partial charge >= 0.3 is 0 Å². The molecule has 2 aromatic heterocycles. The lowest BCUT2D eigenvalue weighted by Gasteiger charge is -2.13. The van der Waals surface area contributed by atoms with Crippen molar-refractivity contribution in [3.8, 4) is 11.5 Å². The van der Waals surface area contributed by atoms with E-state index in [1.54, 1.807) is 30.6 Å². The molecular formula is C22H23N3O3. The minimum absolute atomic E-state index is 0.192. The summed E-state index contributed by atoms with van der Waals surface area (Å²) < 4.78 is 11.5. The van der Waals surface area contributed by atoms with Crippen LogP contribution in [0.4, 0.5) is 0 Å². The Bertz CT molecular complexity index is 929. The van der Waals surface area contributed by atoms with Gasteiger partial charge in [0.1, 0.15) is 6.61 Å². The number of nitrogens with one attached hydrogen (secondary N) is 1. The van der Waals surface area contributed by atoms with Crippen LogP contribution in [0.5, 0.6) is 11.5 Å². The van der Waals surface area contributed by atoms with Crippen LogP contribution in [0.3, 0.4) is 0 Å². The number of benzene rings is 1. The summed E-state index contributed by atoms with van der Waals surface area (Å²) in [5, 5.41) is 2.88. The number of amides is 1. The molecule has 1 aromatic carbocycles. The first-order valence-electron chi connectivity index (χ1n) is 9.15. The maximum Gasteiger partial charge on any atom is 0.251 e. The van der Waals surface area contributed by atoms with E-state index in [0.29, 0.717) is 36.8 Å². The Balaban J connectivity index is 1.67. The summed E-state index contributed by atoms with van der Waals surface area (Å²) in [7, 11) is 0. The molecule has 0 atom stereocenters. The molecule has 0 bridgehead atoms. The van der Waals surface area contributed by atoms with E-state index >= 15 is 0 Å². The van der Waals surface area contributed by atoms with Crippen LogP contribution in [0.2, 0.25) is 0 Å². The van der Waals surface area contributed by atoms with Gasteiger partial charge in [-0.15, -0.1) is 0 Å². The number of hydrogen-bond donors (Lipinski definition) is 1. The highest BCUT2D eigenvalue weighted by Crippen LogP contribution is 2.29. The molecule has 0 fully saturated rings. The first-order valence-corrected chi connectivity index (χ1v) is 9.15. The van der Waals surface area contributed by atoms with Gasteiger partial charge in [-0.05, 0) is 50.2 Å². The minimum atomic E-state index is -0.192. The van der Waals surface area contributed by atoms with E-state index in [1.165, 1.54) is 0 Å². The van der Waals surface area contributed by atoms with Gasteiger partial charge in [0.15, 0.2) is 11.5 Å². The number of carbonyl (C=O) groups is 1. The van der Waals surface area contributed by atoms with Crippen molar-refractivity contribution in [3.05, 3.63) is 83.4 Å². The lowest BCUT2D eigenvalue weighted by Crippen LogP contribution is -2.23. The predicted molar refractivity (Wildman–Crippen MR) is 106 cm³/mol. The van der Waals surface area contributed by atoms with E-state index in [4.69, 9.17) is 9.47 Å². The number of carbonyl (C=O) groups excluding carboxylic acids is 1. The molecule has 28 heavy (non-hydrogen) atoms.